The maximum absolute atomic E-state index is 14.1. The van der Waals surface area contributed by atoms with Gasteiger partial charge in [-0.25, -0.2) is 4.39 Å². The molecule has 0 aromatic heterocycles. The summed E-state index contributed by atoms with van der Waals surface area (Å²) in [5.41, 5.74) is 1.26. The van der Waals surface area contributed by atoms with Crippen LogP contribution >= 0.6 is 43.5 Å². The van der Waals surface area contributed by atoms with E-state index < -0.39 is 0 Å². The van der Waals surface area contributed by atoms with Crippen molar-refractivity contribution in [3.8, 4) is 11.5 Å². The number of halogens is 4. The first-order valence-electron chi connectivity index (χ1n) is 5.99. The first-order chi connectivity index (χ1) is 9.99. The van der Waals surface area contributed by atoms with Crippen molar-refractivity contribution >= 4 is 43.5 Å². The van der Waals surface area contributed by atoms with Crippen molar-refractivity contribution in [3.63, 3.8) is 0 Å². The zero-order chi connectivity index (χ0) is 15.6. The van der Waals surface area contributed by atoms with E-state index in [1.807, 2.05) is 6.07 Å². The molecule has 1 unspecified atom stereocenters. The third-order valence-corrected chi connectivity index (χ3v) is 5.00. The van der Waals surface area contributed by atoms with Crippen LogP contribution in [0.25, 0.3) is 0 Å². The normalized spacial score (nSPS) is 12.1. The lowest BCUT2D eigenvalue weighted by Gasteiger charge is -2.18. The molecular weight excluding hydrogens is 426 g/mol. The smallest absolute Gasteiger partial charge is 0.141 e. The molecule has 2 aromatic carbocycles. The number of ether oxygens (including phenoxy) is 2. The van der Waals surface area contributed by atoms with E-state index in [2.05, 4.69) is 31.9 Å². The first kappa shape index (κ1) is 16.6. The van der Waals surface area contributed by atoms with Gasteiger partial charge in [-0.3, -0.25) is 0 Å². The Morgan fingerprint density at radius 2 is 1.76 bits per heavy atom. The molecule has 0 fully saturated rings. The summed E-state index contributed by atoms with van der Waals surface area (Å²) in [7, 11) is 3.13. The highest BCUT2D eigenvalue weighted by Crippen LogP contribution is 2.44. The standard InChI is InChI=1S/C15H12Br2ClFO2/c1-20-12-6-5-10(15(21-2)14(12)17)13(16)9-4-3-8(18)7-11(9)19/h3-7,13H,1-2H3. The number of alkyl halides is 1. The Kier molecular flexibility index (Phi) is 5.52. The average Bonchev–Trinajstić information content (AvgIpc) is 2.46. The summed E-state index contributed by atoms with van der Waals surface area (Å²) in [6, 6.07) is 8.21. The van der Waals surface area contributed by atoms with Gasteiger partial charge in [0, 0.05) is 16.1 Å². The fraction of sp³-hybridized carbons (Fsp3) is 0.200. The van der Waals surface area contributed by atoms with Crippen LogP contribution in [-0.2, 0) is 0 Å². The van der Waals surface area contributed by atoms with Crippen LogP contribution in [-0.4, -0.2) is 14.2 Å². The molecule has 6 heteroatoms. The Labute approximate surface area is 144 Å². The Bertz CT molecular complexity index is 664. The molecule has 0 bridgehead atoms. The monoisotopic (exact) mass is 436 g/mol. The van der Waals surface area contributed by atoms with Crippen LogP contribution in [0.1, 0.15) is 16.0 Å². The van der Waals surface area contributed by atoms with Gasteiger partial charge < -0.3 is 9.47 Å². The maximum atomic E-state index is 14.1. The van der Waals surface area contributed by atoms with E-state index in [0.29, 0.717) is 26.6 Å². The molecular formula is C15H12Br2ClFO2. The minimum absolute atomic E-state index is 0.360. The van der Waals surface area contributed by atoms with Gasteiger partial charge in [-0.15, -0.1) is 0 Å². The number of hydrogen-bond acceptors (Lipinski definition) is 2. The Morgan fingerprint density at radius 1 is 1.10 bits per heavy atom. The van der Waals surface area contributed by atoms with Crippen LogP contribution in [0.3, 0.4) is 0 Å². The van der Waals surface area contributed by atoms with Crippen molar-refractivity contribution in [2.45, 2.75) is 4.83 Å². The van der Waals surface area contributed by atoms with E-state index in [0.717, 1.165) is 5.56 Å². The zero-order valence-electron chi connectivity index (χ0n) is 11.3. The summed E-state index contributed by atoms with van der Waals surface area (Å²) in [6.45, 7) is 0. The summed E-state index contributed by atoms with van der Waals surface area (Å²) in [6.07, 6.45) is 0. The maximum Gasteiger partial charge on any atom is 0.141 e. The van der Waals surface area contributed by atoms with Crippen LogP contribution in [0.4, 0.5) is 4.39 Å². The molecule has 0 saturated carbocycles. The molecule has 0 aliphatic rings. The molecule has 0 N–H and O–H groups in total. The molecule has 0 heterocycles. The second-order valence-electron chi connectivity index (χ2n) is 4.23. The minimum Gasteiger partial charge on any atom is -0.495 e. The van der Waals surface area contributed by atoms with Gasteiger partial charge in [-0.1, -0.05) is 39.7 Å². The lowest BCUT2D eigenvalue weighted by molar-refractivity contribution is 0.386. The van der Waals surface area contributed by atoms with E-state index in [-0.39, 0.29) is 10.6 Å². The van der Waals surface area contributed by atoms with Gasteiger partial charge in [-0.2, -0.15) is 0 Å². The predicted octanol–water partition coefficient (Wildman–Crippen LogP) is 5.74. The topological polar surface area (TPSA) is 18.5 Å². The number of rotatable bonds is 4. The Morgan fingerprint density at radius 3 is 2.33 bits per heavy atom. The summed E-state index contributed by atoms with van der Waals surface area (Å²) in [5.74, 6) is 0.857. The van der Waals surface area contributed by atoms with Gasteiger partial charge in [0.05, 0.1) is 19.0 Å². The van der Waals surface area contributed by atoms with Gasteiger partial charge in [0.15, 0.2) is 0 Å². The van der Waals surface area contributed by atoms with Crippen LogP contribution in [0.2, 0.25) is 5.02 Å². The van der Waals surface area contributed by atoms with E-state index in [1.54, 1.807) is 32.4 Å². The van der Waals surface area contributed by atoms with E-state index in [9.17, 15) is 4.39 Å². The van der Waals surface area contributed by atoms with Crippen LogP contribution in [0.15, 0.2) is 34.8 Å². The van der Waals surface area contributed by atoms with Gasteiger partial charge >= 0.3 is 0 Å². The second-order valence-corrected chi connectivity index (χ2v) is 6.38. The zero-order valence-corrected chi connectivity index (χ0v) is 15.2. The number of hydrogen-bond donors (Lipinski definition) is 0. The highest BCUT2D eigenvalue weighted by molar-refractivity contribution is 9.10. The van der Waals surface area contributed by atoms with E-state index >= 15 is 0 Å². The van der Waals surface area contributed by atoms with Crippen molar-refractivity contribution in [1.82, 2.24) is 0 Å². The van der Waals surface area contributed by atoms with Crippen molar-refractivity contribution in [2.24, 2.45) is 0 Å². The molecule has 1 atom stereocenters. The molecule has 2 aromatic rings. The molecule has 0 aliphatic heterocycles. The Balaban J connectivity index is 2.52. The van der Waals surface area contributed by atoms with E-state index in [1.165, 1.54) is 6.07 Å². The second kappa shape index (κ2) is 6.99. The van der Waals surface area contributed by atoms with Crippen LogP contribution in [0, 0.1) is 5.82 Å². The predicted molar refractivity (Wildman–Crippen MR) is 89.4 cm³/mol. The van der Waals surface area contributed by atoms with Crippen molar-refractivity contribution in [3.05, 3.63) is 56.8 Å². The summed E-state index contributed by atoms with van der Waals surface area (Å²) in [5, 5.41) is 0.360. The summed E-state index contributed by atoms with van der Waals surface area (Å²) >= 11 is 12.7. The number of benzene rings is 2. The molecule has 21 heavy (non-hydrogen) atoms. The van der Waals surface area contributed by atoms with Gasteiger partial charge in [0.2, 0.25) is 0 Å². The summed E-state index contributed by atoms with van der Waals surface area (Å²) in [4.78, 5) is -0.369. The van der Waals surface area contributed by atoms with Gasteiger partial charge in [-0.05, 0) is 34.1 Å². The molecule has 0 spiro atoms. The van der Waals surface area contributed by atoms with Crippen LogP contribution in [0.5, 0.6) is 11.5 Å². The van der Waals surface area contributed by atoms with Crippen molar-refractivity contribution < 1.29 is 13.9 Å². The molecule has 112 valence electrons. The summed E-state index contributed by atoms with van der Waals surface area (Å²) < 4.78 is 25.4. The lowest BCUT2D eigenvalue weighted by atomic mass is 10.0. The molecule has 2 rings (SSSR count). The molecule has 0 saturated heterocycles. The molecule has 2 nitrogen and oxygen atoms in total. The SMILES string of the molecule is COc1ccc(C(Br)c2ccc(Cl)cc2F)c(OC)c1Br. The van der Waals surface area contributed by atoms with Crippen molar-refractivity contribution in [1.29, 1.82) is 0 Å². The fourth-order valence-corrected chi connectivity index (χ4v) is 3.57. The lowest BCUT2D eigenvalue weighted by Crippen LogP contribution is -2.01. The highest BCUT2D eigenvalue weighted by atomic mass is 79.9. The fourth-order valence-electron chi connectivity index (χ4n) is 1.99. The third-order valence-electron chi connectivity index (χ3n) is 3.02. The third kappa shape index (κ3) is 3.35. The molecule has 0 radical (unpaired) electrons. The number of methoxy groups -OCH3 is 2. The van der Waals surface area contributed by atoms with Crippen molar-refractivity contribution in [2.75, 3.05) is 14.2 Å². The minimum atomic E-state index is -0.377. The average molecular weight is 439 g/mol. The quantitative estimate of drug-likeness (QED) is 0.567. The largest absolute Gasteiger partial charge is 0.495 e. The highest BCUT2D eigenvalue weighted by Gasteiger charge is 2.22. The molecule has 0 amide bonds. The Hall–Kier alpha value is -0.780. The van der Waals surface area contributed by atoms with Gasteiger partial charge in [0.1, 0.15) is 21.8 Å². The van der Waals surface area contributed by atoms with Crippen LogP contribution < -0.4 is 9.47 Å². The van der Waals surface area contributed by atoms with Gasteiger partial charge in [0.25, 0.3) is 0 Å². The first-order valence-corrected chi connectivity index (χ1v) is 8.07. The molecule has 0 aliphatic carbocycles. The van der Waals surface area contributed by atoms with E-state index in [4.69, 9.17) is 21.1 Å².